The first-order valence-corrected chi connectivity index (χ1v) is 10.7. The Kier molecular flexibility index (Phi) is 7.07. The molecule has 2 heterocycles. The fourth-order valence-electron chi connectivity index (χ4n) is 3.87. The Balaban J connectivity index is 1.63. The van der Waals surface area contributed by atoms with Crippen LogP contribution in [0.2, 0.25) is 0 Å². The van der Waals surface area contributed by atoms with Gasteiger partial charge in [0.15, 0.2) is 0 Å². The van der Waals surface area contributed by atoms with Gasteiger partial charge in [-0.05, 0) is 43.9 Å². The van der Waals surface area contributed by atoms with E-state index in [9.17, 15) is 4.79 Å². The van der Waals surface area contributed by atoms with Crippen LogP contribution in [0.3, 0.4) is 0 Å². The first-order valence-electron chi connectivity index (χ1n) is 10.7. The van der Waals surface area contributed by atoms with E-state index in [1.807, 2.05) is 4.90 Å². The van der Waals surface area contributed by atoms with Gasteiger partial charge >= 0.3 is 0 Å². The van der Waals surface area contributed by atoms with Crippen molar-refractivity contribution >= 4 is 17.4 Å². The van der Waals surface area contributed by atoms with Crippen LogP contribution in [0.5, 0.6) is 0 Å². The maximum atomic E-state index is 12.7. The Labute approximate surface area is 174 Å². The van der Waals surface area contributed by atoms with Crippen molar-refractivity contribution in [2.75, 3.05) is 49.1 Å². The lowest BCUT2D eigenvalue weighted by molar-refractivity contribution is 0.0749. The van der Waals surface area contributed by atoms with E-state index in [0.717, 1.165) is 57.9 Å². The molecule has 6 nitrogen and oxygen atoms in total. The van der Waals surface area contributed by atoms with Crippen LogP contribution in [0.1, 0.15) is 48.3 Å². The van der Waals surface area contributed by atoms with Gasteiger partial charge in [-0.1, -0.05) is 26.0 Å². The highest BCUT2D eigenvalue weighted by Crippen LogP contribution is 2.24. The standard InChI is InChI=1S/C23H33N5O/c1-5-10-28(11-6-2)23(29)20-16-25-22(17-24-20)27-14-12-26(13-15-27)21-9-7-8-18(3)19(21)4/h7-9,16-17H,5-6,10-15H2,1-4H3. The molecular formula is C23H33N5O. The van der Waals surface area contributed by atoms with E-state index < -0.39 is 0 Å². The van der Waals surface area contributed by atoms with Crippen LogP contribution in [0, 0.1) is 13.8 Å². The molecule has 29 heavy (non-hydrogen) atoms. The molecule has 156 valence electrons. The zero-order valence-electron chi connectivity index (χ0n) is 18.2. The van der Waals surface area contributed by atoms with Crippen molar-refractivity contribution in [3.8, 4) is 0 Å². The van der Waals surface area contributed by atoms with Crippen LogP contribution in [0.4, 0.5) is 11.5 Å². The average Bonchev–Trinajstić information content (AvgIpc) is 2.75. The second kappa shape index (κ2) is 9.72. The zero-order valence-corrected chi connectivity index (χ0v) is 18.2. The number of carbonyl (C=O) groups excluding carboxylic acids is 1. The molecule has 1 aliphatic heterocycles. The number of hydrogen-bond acceptors (Lipinski definition) is 5. The van der Waals surface area contributed by atoms with Crippen molar-refractivity contribution in [1.29, 1.82) is 0 Å². The SMILES string of the molecule is CCCN(CCC)C(=O)c1cnc(N2CCN(c3cccc(C)c3C)CC2)cn1. The average molecular weight is 396 g/mol. The predicted octanol–water partition coefficient (Wildman–Crippen LogP) is 3.68. The van der Waals surface area contributed by atoms with Gasteiger partial charge < -0.3 is 14.7 Å². The molecular weight excluding hydrogens is 362 g/mol. The second-order valence-corrected chi connectivity index (χ2v) is 7.75. The predicted molar refractivity (Wildman–Crippen MR) is 119 cm³/mol. The number of nitrogens with zero attached hydrogens (tertiary/aromatic N) is 5. The maximum Gasteiger partial charge on any atom is 0.274 e. The van der Waals surface area contributed by atoms with E-state index in [1.165, 1.54) is 16.8 Å². The summed E-state index contributed by atoms with van der Waals surface area (Å²) < 4.78 is 0. The first kappa shape index (κ1) is 21.1. The normalized spacial score (nSPS) is 14.2. The Morgan fingerprint density at radius 3 is 2.21 bits per heavy atom. The second-order valence-electron chi connectivity index (χ2n) is 7.75. The summed E-state index contributed by atoms with van der Waals surface area (Å²) in [6, 6.07) is 6.50. The Bertz CT molecular complexity index is 807. The van der Waals surface area contributed by atoms with Gasteiger partial charge in [0.1, 0.15) is 11.5 Å². The van der Waals surface area contributed by atoms with Crippen LogP contribution in [-0.4, -0.2) is 60.0 Å². The highest BCUT2D eigenvalue weighted by Gasteiger charge is 2.21. The molecule has 3 rings (SSSR count). The molecule has 0 aliphatic carbocycles. The molecule has 0 unspecified atom stereocenters. The van der Waals surface area contributed by atoms with Crippen LogP contribution in [0.15, 0.2) is 30.6 Å². The molecule has 0 bridgehead atoms. The van der Waals surface area contributed by atoms with Crippen molar-refractivity contribution in [3.05, 3.63) is 47.4 Å². The zero-order chi connectivity index (χ0) is 20.8. The molecule has 0 atom stereocenters. The van der Waals surface area contributed by atoms with E-state index in [-0.39, 0.29) is 5.91 Å². The molecule has 1 saturated heterocycles. The highest BCUT2D eigenvalue weighted by molar-refractivity contribution is 5.92. The number of hydrogen-bond donors (Lipinski definition) is 0. The number of rotatable bonds is 7. The van der Waals surface area contributed by atoms with Crippen molar-refractivity contribution in [1.82, 2.24) is 14.9 Å². The smallest absolute Gasteiger partial charge is 0.274 e. The number of aromatic nitrogens is 2. The van der Waals surface area contributed by atoms with E-state index >= 15 is 0 Å². The van der Waals surface area contributed by atoms with Crippen LogP contribution in [0.25, 0.3) is 0 Å². The van der Waals surface area contributed by atoms with E-state index in [2.05, 4.69) is 65.7 Å². The van der Waals surface area contributed by atoms with Crippen molar-refractivity contribution in [3.63, 3.8) is 0 Å². The summed E-state index contributed by atoms with van der Waals surface area (Å²) in [6.45, 7) is 13.7. The first-order chi connectivity index (χ1) is 14.0. The van der Waals surface area contributed by atoms with Crippen LogP contribution in [-0.2, 0) is 0 Å². The Morgan fingerprint density at radius 2 is 1.62 bits per heavy atom. The monoisotopic (exact) mass is 395 g/mol. The topological polar surface area (TPSA) is 52.6 Å². The van der Waals surface area contributed by atoms with Gasteiger partial charge in [0.25, 0.3) is 5.91 Å². The van der Waals surface area contributed by atoms with E-state index in [1.54, 1.807) is 12.4 Å². The Hall–Kier alpha value is -2.63. The number of aryl methyl sites for hydroxylation is 1. The highest BCUT2D eigenvalue weighted by atomic mass is 16.2. The van der Waals surface area contributed by atoms with E-state index in [4.69, 9.17) is 0 Å². The van der Waals surface area contributed by atoms with Gasteiger partial charge in [0, 0.05) is 45.0 Å². The molecule has 0 N–H and O–H groups in total. The molecule has 0 spiro atoms. The van der Waals surface area contributed by atoms with Crippen LogP contribution < -0.4 is 9.80 Å². The summed E-state index contributed by atoms with van der Waals surface area (Å²) in [5.74, 6) is 0.826. The number of amides is 1. The summed E-state index contributed by atoms with van der Waals surface area (Å²) in [4.78, 5) is 28.2. The van der Waals surface area contributed by atoms with Gasteiger partial charge in [0.05, 0.1) is 12.4 Å². The van der Waals surface area contributed by atoms with Crippen LogP contribution >= 0.6 is 0 Å². The summed E-state index contributed by atoms with van der Waals surface area (Å²) in [5.41, 5.74) is 4.44. The molecule has 6 heteroatoms. The van der Waals surface area contributed by atoms with Crippen molar-refractivity contribution < 1.29 is 4.79 Å². The molecule has 1 amide bonds. The fraction of sp³-hybridized carbons (Fsp3) is 0.522. The molecule has 0 saturated carbocycles. The Morgan fingerprint density at radius 1 is 0.966 bits per heavy atom. The minimum absolute atomic E-state index is 0.0208. The minimum atomic E-state index is -0.0208. The quantitative estimate of drug-likeness (QED) is 0.716. The summed E-state index contributed by atoms with van der Waals surface area (Å²) in [5, 5.41) is 0. The van der Waals surface area contributed by atoms with Gasteiger partial charge in [-0.2, -0.15) is 0 Å². The van der Waals surface area contributed by atoms with Gasteiger partial charge in [-0.15, -0.1) is 0 Å². The third-order valence-electron chi connectivity index (χ3n) is 5.65. The molecule has 1 aromatic heterocycles. The minimum Gasteiger partial charge on any atom is -0.368 e. The molecule has 2 aromatic rings. The lowest BCUT2D eigenvalue weighted by Gasteiger charge is -2.37. The van der Waals surface area contributed by atoms with Gasteiger partial charge in [-0.3, -0.25) is 4.79 Å². The summed E-state index contributed by atoms with van der Waals surface area (Å²) >= 11 is 0. The largest absolute Gasteiger partial charge is 0.368 e. The molecule has 1 aromatic carbocycles. The fourth-order valence-corrected chi connectivity index (χ4v) is 3.87. The van der Waals surface area contributed by atoms with E-state index in [0.29, 0.717) is 5.69 Å². The van der Waals surface area contributed by atoms with Crippen molar-refractivity contribution in [2.45, 2.75) is 40.5 Å². The third-order valence-corrected chi connectivity index (χ3v) is 5.65. The molecule has 0 radical (unpaired) electrons. The molecule has 1 fully saturated rings. The number of benzene rings is 1. The summed E-state index contributed by atoms with van der Waals surface area (Å²) in [6.07, 6.45) is 5.27. The lowest BCUT2D eigenvalue weighted by atomic mass is 10.1. The summed E-state index contributed by atoms with van der Waals surface area (Å²) in [7, 11) is 0. The van der Waals surface area contributed by atoms with Gasteiger partial charge in [-0.25, -0.2) is 9.97 Å². The number of piperazine rings is 1. The third kappa shape index (κ3) is 4.86. The lowest BCUT2D eigenvalue weighted by Crippen LogP contribution is -2.47. The number of anilines is 2. The van der Waals surface area contributed by atoms with Crippen molar-refractivity contribution in [2.24, 2.45) is 0 Å². The van der Waals surface area contributed by atoms with Gasteiger partial charge in [0.2, 0.25) is 0 Å². The maximum absolute atomic E-state index is 12.7. The molecule has 1 aliphatic rings. The number of carbonyl (C=O) groups is 1.